The number of nitrogens with two attached hydrogens (primary N) is 1. The molecule has 0 radical (unpaired) electrons. The van der Waals surface area contributed by atoms with E-state index in [2.05, 4.69) is 0 Å². The Hall–Kier alpha value is -3.69. The summed E-state index contributed by atoms with van der Waals surface area (Å²) in [6, 6.07) is 8.21. The molecule has 0 aliphatic rings. The second kappa shape index (κ2) is 6.83. The molecule has 0 unspecified atom stereocenters. The summed E-state index contributed by atoms with van der Waals surface area (Å²) in [4.78, 5) is 33.7. The molecular weight excluding hydrogens is 332 g/mol. The van der Waals surface area contributed by atoms with E-state index in [-0.39, 0.29) is 11.5 Å². The van der Waals surface area contributed by atoms with Gasteiger partial charge in [0.15, 0.2) is 0 Å². The van der Waals surface area contributed by atoms with Crippen molar-refractivity contribution in [3.05, 3.63) is 62.2 Å². The van der Waals surface area contributed by atoms with Gasteiger partial charge in [0.1, 0.15) is 11.3 Å². The van der Waals surface area contributed by atoms with Crippen molar-refractivity contribution in [2.24, 2.45) is 5.73 Å². The van der Waals surface area contributed by atoms with Gasteiger partial charge in [-0.15, -0.1) is 0 Å². The summed E-state index contributed by atoms with van der Waals surface area (Å²) in [5, 5.41) is 22.2. The van der Waals surface area contributed by atoms with Gasteiger partial charge in [-0.2, -0.15) is 0 Å². The van der Waals surface area contributed by atoms with Crippen LogP contribution in [0.15, 0.2) is 36.4 Å². The molecule has 10 nitrogen and oxygen atoms in total. The Morgan fingerprint density at radius 2 is 1.72 bits per heavy atom. The van der Waals surface area contributed by atoms with Crippen molar-refractivity contribution >= 4 is 23.0 Å². The third kappa shape index (κ3) is 3.80. The van der Waals surface area contributed by atoms with E-state index in [0.717, 1.165) is 11.8 Å². The molecule has 25 heavy (non-hydrogen) atoms. The van der Waals surface area contributed by atoms with E-state index in [0.29, 0.717) is 6.07 Å². The molecule has 2 aromatic carbocycles. The highest BCUT2D eigenvalue weighted by atomic mass is 16.6. The Bertz CT molecular complexity index is 865. The highest BCUT2D eigenvalue weighted by Gasteiger charge is 2.28. The maximum absolute atomic E-state index is 11.4. The zero-order valence-corrected chi connectivity index (χ0v) is 13.3. The van der Waals surface area contributed by atoms with E-state index < -0.39 is 32.7 Å². The molecular formula is C15H14N4O6. The van der Waals surface area contributed by atoms with E-state index in [1.807, 2.05) is 0 Å². The third-order valence-electron chi connectivity index (χ3n) is 3.30. The number of carbonyl (C=O) groups is 1. The normalized spacial score (nSPS) is 10.2. The first kappa shape index (κ1) is 17.7. The van der Waals surface area contributed by atoms with Crippen LogP contribution in [-0.4, -0.2) is 29.8 Å². The molecule has 0 atom stereocenters. The number of hydrogen-bond donors (Lipinski definition) is 1. The van der Waals surface area contributed by atoms with Crippen LogP contribution in [0.5, 0.6) is 11.5 Å². The number of hydrogen-bond acceptors (Lipinski definition) is 7. The van der Waals surface area contributed by atoms with Crippen molar-refractivity contribution in [1.82, 2.24) is 0 Å². The van der Waals surface area contributed by atoms with E-state index in [1.54, 1.807) is 43.3 Å². The SMILES string of the molecule is CN(C)c1cccc(Oc2cc(C(N)=O)c([N+](=O)[O-])cc2[N+](=O)[O-])c1. The summed E-state index contributed by atoms with van der Waals surface area (Å²) in [6.07, 6.45) is 0. The fourth-order valence-corrected chi connectivity index (χ4v) is 2.08. The molecule has 0 bridgehead atoms. The molecule has 0 saturated carbocycles. The van der Waals surface area contributed by atoms with Gasteiger partial charge in [0, 0.05) is 31.9 Å². The lowest BCUT2D eigenvalue weighted by Gasteiger charge is -2.14. The van der Waals surface area contributed by atoms with Gasteiger partial charge in [0.2, 0.25) is 5.75 Å². The number of anilines is 1. The molecule has 0 aliphatic heterocycles. The number of nitro benzene ring substituents is 2. The van der Waals surface area contributed by atoms with E-state index in [1.165, 1.54) is 0 Å². The molecule has 0 spiro atoms. The first-order chi connectivity index (χ1) is 11.7. The van der Waals surface area contributed by atoms with Crippen molar-refractivity contribution in [2.45, 2.75) is 0 Å². The fourth-order valence-electron chi connectivity index (χ4n) is 2.08. The largest absolute Gasteiger partial charge is 0.450 e. The van der Waals surface area contributed by atoms with Crippen LogP contribution in [0.1, 0.15) is 10.4 Å². The van der Waals surface area contributed by atoms with Gasteiger partial charge in [0.25, 0.3) is 11.6 Å². The van der Waals surface area contributed by atoms with Gasteiger partial charge in [-0.3, -0.25) is 25.0 Å². The predicted octanol–water partition coefficient (Wildman–Crippen LogP) is 2.46. The molecule has 0 aromatic heterocycles. The number of rotatable bonds is 6. The maximum atomic E-state index is 11.4. The Labute approximate surface area is 141 Å². The Balaban J connectivity index is 2.58. The summed E-state index contributed by atoms with van der Waals surface area (Å²) in [5.41, 5.74) is 4.02. The summed E-state index contributed by atoms with van der Waals surface area (Å²) < 4.78 is 5.49. The van der Waals surface area contributed by atoms with E-state index in [4.69, 9.17) is 10.5 Å². The van der Waals surface area contributed by atoms with Crippen LogP contribution in [0.25, 0.3) is 0 Å². The quantitative estimate of drug-likeness (QED) is 0.625. The summed E-state index contributed by atoms with van der Waals surface area (Å²) in [5.74, 6) is -1.15. The lowest BCUT2D eigenvalue weighted by atomic mass is 10.1. The number of primary amides is 1. The maximum Gasteiger partial charge on any atom is 0.318 e. The van der Waals surface area contributed by atoms with Crippen molar-refractivity contribution in [3.63, 3.8) is 0 Å². The van der Waals surface area contributed by atoms with Crippen LogP contribution in [0.3, 0.4) is 0 Å². The van der Waals surface area contributed by atoms with E-state index in [9.17, 15) is 25.0 Å². The van der Waals surface area contributed by atoms with Gasteiger partial charge in [-0.25, -0.2) is 0 Å². The molecule has 0 heterocycles. The van der Waals surface area contributed by atoms with Crippen LogP contribution in [-0.2, 0) is 0 Å². The van der Waals surface area contributed by atoms with Crippen LogP contribution >= 0.6 is 0 Å². The first-order valence-corrected chi connectivity index (χ1v) is 6.92. The number of nitrogens with zero attached hydrogens (tertiary/aromatic N) is 3. The number of amides is 1. The second-order valence-electron chi connectivity index (χ2n) is 5.21. The molecule has 0 saturated heterocycles. The van der Waals surface area contributed by atoms with E-state index >= 15 is 0 Å². The van der Waals surface area contributed by atoms with Crippen molar-refractivity contribution in [1.29, 1.82) is 0 Å². The topological polar surface area (TPSA) is 142 Å². The molecule has 1 amide bonds. The fraction of sp³-hybridized carbons (Fsp3) is 0.133. The second-order valence-corrected chi connectivity index (χ2v) is 5.21. The average molecular weight is 346 g/mol. The minimum absolute atomic E-state index is 0.263. The van der Waals surface area contributed by atoms with Crippen LogP contribution in [0.2, 0.25) is 0 Å². The van der Waals surface area contributed by atoms with Gasteiger partial charge in [-0.1, -0.05) is 6.07 Å². The Morgan fingerprint density at radius 1 is 1.08 bits per heavy atom. The lowest BCUT2D eigenvalue weighted by molar-refractivity contribution is -0.394. The number of benzene rings is 2. The lowest BCUT2D eigenvalue weighted by Crippen LogP contribution is -2.14. The third-order valence-corrected chi connectivity index (χ3v) is 3.30. The molecule has 0 aliphatic carbocycles. The molecule has 130 valence electrons. The van der Waals surface area contributed by atoms with Gasteiger partial charge in [-0.05, 0) is 12.1 Å². The minimum Gasteiger partial charge on any atom is -0.450 e. The highest BCUT2D eigenvalue weighted by Crippen LogP contribution is 2.37. The smallest absolute Gasteiger partial charge is 0.318 e. The van der Waals surface area contributed by atoms with Gasteiger partial charge < -0.3 is 15.4 Å². The van der Waals surface area contributed by atoms with Crippen molar-refractivity contribution < 1.29 is 19.4 Å². The number of nitro groups is 2. The molecule has 0 fully saturated rings. The van der Waals surface area contributed by atoms with Crippen molar-refractivity contribution in [2.75, 3.05) is 19.0 Å². The summed E-state index contributed by atoms with van der Waals surface area (Å²) in [6.45, 7) is 0. The first-order valence-electron chi connectivity index (χ1n) is 6.92. The zero-order chi connectivity index (χ0) is 18.7. The van der Waals surface area contributed by atoms with Crippen LogP contribution in [0.4, 0.5) is 17.1 Å². The molecule has 2 rings (SSSR count). The Kier molecular flexibility index (Phi) is 4.82. The monoisotopic (exact) mass is 346 g/mol. The van der Waals surface area contributed by atoms with Crippen LogP contribution in [0, 0.1) is 20.2 Å². The van der Waals surface area contributed by atoms with Gasteiger partial charge in [0.05, 0.1) is 15.9 Å². The molecule has 2 aromatic rings. The van der Waals surface area contributed by atoms with Crippen LogP contribution < -0.4 is 15.4 Å². The predicted molar refractivity (Wildman–Crippen MR) is 89.1 cm³/mol. The summed E-state index contributed by atoms with van der Waals surface area (Å²) >= 11 is 0. The number of ether oxygens (including phenoxy) is 1. The zero-order valence-electron chi connectivity index (χ0n) is 13.3. The average Bonchev–Trinajstić information content (AvgIpc) is 2.54. The summed E-state index contributed by atoms with van der Waals surface area (Å²) in [7, 11) is 3.61. The number of carbonyl (C=O) groups excluding carboxylic acids is 1. The molecule has 10 heteroatoms. The standard InChI is InChI=1S/C15H14N4O6/c1-17(2)9-4-3-5-10(6-9)25-14-7-11(15(16)20)12(18(21)22)8-13(14)19(23)24/h3-8H,1-2H3,(H2,16,20). The highest BCUT2D eigenvalue weighted by molar-refractivity contribution is 5.98. The minimum atomic E-state index is -1.09. The Morgan fingerprint density at radius 3 is 2.24 bits per heavy atom. The van der Waals surface area contributed by atoms with Gasteiger partial charge >= 0.3 is 5.69 Å². The molecule has 2 N–H and O–H groups in total. The van der Waals surface area contributed by atoms with Crippen molar-refractivity contribution in [3.8, 4) is 11.5 Å².